The number of halogens is 1. The third kappa shape index (κ3) is 6.09. The molecule has 2 aromatic rings. The maximum Gasteiger partial charge on any atom is 0.276 e. The first-order chi connectivity index (χ1) is 15.0. The van der Waals surface area contributed by atoms with E-state index in [1.54, 1.807) is 17.1 Å². The number of ether oxygens (including phenoxy) is 2. The van der Waals surface area contributed by atoms with Gasteiger partial charge in [-0.05, 0) is 67.9 Å². The summed E-state index contributed by atoms with van der Waals surface area (Å²) >= 11 is 11.7. The molecule has 0 unspecified atom stereocenters. The quantitative estimate of drug-likeness (QED) is 0.429. The normalized spacial score (nSPS) is 15.4. The third-order valence-corrected chi connectivity index (χ3v) is 5.12. The van der Waals surface area contributed by atoms with Gasteiger partial charge in [-0.3, -0.25) is 9.69 Å². The van der Waals surface area contributed by atoms with Gasteiger partial charge in [0.1, 0.15) is 5.70 Å². The van der Waals surface area contributed by atoms with Gasteiger partial charge in [-0.2, -0.15) is 0 Å². The van der Waals surface area contributed by atoms with E-state index in [0.29, 0.717) is 53.5 Å². The Labute approximate surface area is 193 Å². The number of amides is 1. The van der Waals surface area contributed by atoms with Crippen molar-refractivity contribution in [2.24, 2.45) is 0 Å². The Kier molecular flexibility index (Phi) is 8.09. The molecule has 0 atom stereocenters. The molecule has 0 aromatic heterocycles. The van der Waals surface area contributed by atoms with Crippen LogP contribution >= 0.6 is 23.8 Å². The van der Waals surface area contributed by atoms with Crippen LogP contribution in [0.2, 0.25) is 0 Å². The van der Waals surface area contributed by atoms with Crippen molar-refractivity contribution < 1.29 is 14.3 Å². The molecule has 7 heteroatoms. The highest BCUT2D eigenvalue weighted by atomic mass is 35.5. The molecule has 2 aromatic carbocycles. The molecule has 31 heavy (non-hydrogen) atoms. The van der Waals surface area contributed by atoms with E-state index in [9.17, 15) is 4.79 Å². The average molecular weight is 457 g/mol. The van der Waals surface area contributed by atoms with Crippen LogP contribution in [0.25, 0.3) is 6.08 Å². The monoisotopic (exact) mass is 456 g/mol. The zero-order valence-corrected chi connectivity index (χ0v) is 19.1. The minimum atomic E-state index is -0.194. The zero-order valence-electron chi connectivity index (χ0n) is 17.6. The minimum Gasteiger partial charge on any atom is -0.490 e. The highest BCUT2D eigenvalue weighted by Crippen LogP contribution is 2.29. The SMILES string of the molecule is CCOc1ccc(CCN2C(=O)/C(=C\C(Cl)=C\c3ccccc3)NC2=S)cc1OCC. The highest BCUT2D eigenvalue weighted by molar-refractivity contribution is 7.80. The Morgan fingerprint density at radius 1 is 1.10 bits per heavy atom. The van der Waals surface area contributed by atoms with Gasteiger partial charge in [0, 0.05) is 11.6 Å². The van der Waals surface area contributed by atoms with E-state index in [1.165, 1.54) is 0 Å². The summed E-state index contributed by atoms with van der Waals surface area (Å²) in [7, 11) is 0. The van der Waals surface area contributed by atoms with Gasteiger partial charge in [0.2, 0.25) is 0 Å². The number of carbonyl (C=O) groups excluding carboxylic acids is 1. The van der Waals surface area contributed by atoms with Crippen molar-refractivity contribution in [1.82, 2.24) is 10.2 Å². The number of thiocarbonyl (C=S) groups is 1. The molecule has 1 heterocycles. The summed E-state index contributed by atoms with van der Waals surface area (Å²) in [6, 6.07) is 15.5. The van der Waals surface area contributed by atoms with Crippen LogP contribution in [0, 0.1) is 0 Å². The van der Waals surface area contributed by atoms with Crippen LogP contribution in [0.3, 0.4) is 0 Å². The molecule has 0 saturated carbocycles. The predicted molar refractivity (Wildman–Crippen MR) is 128 cm³/mol. The van der Waals surface area contributed by atoms with E-state index in [4.69, 9.17) is 33.3 Å². The molecule has 1 fully saturated rings. The molecule has 1 saturated heterocycles. The lowest BCUT2D eigenvalue weighted by Gasteiger charge is -2.15. The molecule has 1 N–H and O–H groups in total. The van der Waals surface area contributed by atoms with Crippen molar-refractivity contribution in [2.45, 2.75) is 20.3 Å². The first kappa shape index (κ1) is 22.8. The van der Waals surface area contributed by atoms with E-state index in [2.05, 4.69) is 5.32 Å². The Morgan fingerprint density at radius 3 is 2.52 bits per heavy atom. The molecule has 3 rings (SSSR count). The fourth-order valence-electron chi connectivity index (χ4n) is 3.15. The number of hydrogen-bond acceptors (Lipinski definition) is 4. The standard InChI is InChI=1S/C24H25ClN2O3S/c1-3-29-21-11-10-18(15-22(21)30-4-2)12-13-27-23(28)20(26-24(27)31)16-19(25)14-17-8-6-5-7-9-17/h5-11,14-16H,3-4,12-13H2,1-2H3,(H,26,31)/b19-14-,20-16+. The van der Waals surface area contributed by atoms with Crippen LogP contribution < -0.4 is 14.8 Å². The molecule has 0 radical (unpaired) electrons. The summed E-state index contributed by atoms with van der Waals surface area (Å²) in [5, 5.41) is 3.78. The molecule has 1 amide bonds. The van der Waals surface area contributed by atoms with Gasteiger partial charge in [-0.25, -0.2) is 0 Å². The number of benzene rings is 2. The first-order valence-corrected chi connectivity index (χ1v) is 11.0. The van der Waals surface area contributed by atoms with Gasteiger partial charge in [0.05, 0.1) is 13.2 Å². The summed E-state index contributed by atoms with van der Waals surface area (Å²) in [4.78, 5) is 14.4. The Morgan fingerprint density at radius 2 is 1.81 bits per heavy atom. The Balaban J connectivity index is 1.68. The second kappa shape index (κ2) is 11.0. The second-order valence-electron chi connectivity index (χ2n) is 6.78. The molecule has 0 bridgehead atoms. The number of hydrogen-bond donors (Lipinski definition) is 1. The Bertz CT molecular complexity index is 1010. The van der Waals surface area contributed by atoms with Crippen molar-refractivity contribution in [3.8, 4) is 11.5 Å². The molecule has 0 aliphatic carbocycles. The molecular formula is C24H25ClN2O3S. The predicted octanol–water partition coefficient (Wildman–Crippen LogP) is 4.91. The van der Waals surface area contributed by atoms with Gasteiger partial charge < -0.3 is 14.8 Å². The summed E-state index contributed by atoms with van der Waals surface area (Å²) in [5.74, 6) is 1.22. The number of carbonyl (C=O) groups is 1. The van der Waals surface area contributed by atoms with Gasteiger partial charge in [-0.1, -0.05) is 48.0 Å². The lowest BCUT2D eigenvalue weighted by molar-refractivity contribution is -0.122. The fraction of sp³-hybridized carbons (Fsp3) is 0.250. The largest absolute Gasteiger partial charge is 0.490 e. The highest BCUT2D eigenvalue weighted by Gasteiger charge is 2.30. The number of nitrogens with one attached hydrogen (secondary N) is 1. The van der Waals surface area contributed by atoms with E-state index in [-0.39, 0.29) is 5.91 Å². The molecular weight excluding hydrogens is 432 g/mol. The minimum absolute atomic E-state index is 0.194. The van der Waals surface area contributed by atoms with Gasteiger partial charge in [-0.15, -0.1) is 0 Å². The first-order valence-electron chi connectivity index (χ1n) is 10.2. The molecule has 162 valence electrons. The number of nitrogens with zero attached hydrogens (tertiary/aromatic N) is 1. The molecule has 1 aliphatic rings. The van der Waals surface area contributed by atoms with Crippen LogP contribution in [0.5, 0.6) is 11.5 Å². The zero-order chi connectivity index (χ0) is 22.2. The van der Waals surface area contributed by atoms with Gasteiger partial charge >= 0.3 is 0 Å². The maximum absolute atomic E-state index is 12.8. The summed E-state index contributed by atoms with van der Waals surface area (Å²) in [6.07, 6.45) is 4.03. The lowest BCUT2D eigenvalue weighted by atomic mass is 10.1. The van der Waals surface area contributed by atoms with Crippen LogP contribution in [0.15, 0.2) is 65.3 Å². The Hall–Kier alpha value is -2.83. The van der Waals surface area contributed by atoms with Crippen molar-refractivity contribution in [3.05, 3.63) is 76.5 Å². The average Bonchev–Trinajstić information content (AvgIpc) is 3.01. The maximum atomic E-state index is 12.8. The van der Waals surface area contributed by atoms with E-state index in [0.717, 1.165) is 11.1 Å². The van der Waals surface area contributed by atoms with Crippen LogP contribution in [0.4, 0.5) is 0 Å². The van der Waals surface area contributed by atoms with Crippen LogP contribution in [-0.2, 0) is 11.2 Å². The van der Waals surface area contributed by atoms with Gasteiger partial charge in [0.15, 0.2) is 16.6 Å². The lowest BCUT2D eigenvalue weighted by Crippen LogP contribution is -2.32. The second-order valence-corrected chi connectivity index (χ2v) is 7.61. The van der Waals surface area contributed by atoms with Crippen molar-refractivity contribution >= 4 is 40.9 Å². The van der Waals surface area contributed by atoms with E-state index in [1.807, 2.05) is 62.4 Å². The van der Waals surface area contributed by atoms with Gasteiger partial charge in [0.25, 0.3) is 5.91 Å². The van der Waals surface area contributed by atoms with Crippen molar-refractivity contribution in [3.63, 3.8) is 0 Å². The number of allylic oxidation sites excluding steroid dienone is 2. The van der Waals surface area contributed by atoms with Crippen molar-refractivity contribution in [1.29, 1.82) is 0 Å². The smallest absolute Gasteiger partial charge is 0.276 e. The van der Waals surface area contributed by atoms with Crippen molar-refractivity contribution in [2.75, 3.05) is 19.8 Å². The summed E-state index contributed by atoms with van der Waals surface area (Å²) < 4.78 is 11.3. The van der Waals surface area contributed by atoms with Crippen LogP contribution in [-0.4, -0.2) is 35.7 Å². The molecule has 0 spiro atoms. The van der Waals surface area contributed by atoms with E-state index < -0.39 is 0 Å². The summed E-state index contributed by atoms with van der Waals surface area (Å²) in [6.45, 7) is 5.43. The third-order valence-electron chi connectivity index (χ3n) is 4.58. The topological polar surface area (TPSA) is 50.8 Å². The summed E-state index contributed by atoms with van der Waals surface area (Å²) in [5.41, 5.74) is 2.35. The molecule has 5 nitrogen and oxygen atoms in total. The number of rotatable bonds is 9. The van der Waals surface area contributed by atoms with E-state index >= 15 is 0 Å². The fourth-order valence-corrected chi connectivity index (χ4v) is 3.67. The van der Waals surface area contributed by atoms with Crippen LogP contribution in [0.1, 0.15) is 25.0 Å². The molecule has 1 aliphatic heterocycles.